The van der Waals surface area contributed by atoms with E-state index in [1.165, 1.54) is 0 Å². The summed E-state index contributed by atoms with van der Waals surface area (Å²) in [6.07, 6.45) is 0.712. The van der Waals surface area contributed by atoms with Crippen LogP contribution in [-0.4, -0.2) is 36.9 Å². The predicted molar refractivity (Wildman–Crippen MR) is 103 cm³/mol. The fourth-order valence-corrected chi connectivity index (χ4v) is 3.69. The number of hydrogen-bond donors (Lipinski definition) is 1. The van der Waals surface area contributed by atoms with Crippen LogP contribution in [0.4, 0.5) is 17.1 Å². The van der Waals surface area contributed by atoms with Crippen LogP contribution in [-0.2, 0) is 4.79 Å². The molecular weight excluding hydrogens is 326 g/mol. The van der Waals surface area contributed by atoms with E-state index < -0.39 is 0 Å². The molecule has 4 rings (SSSR count). The monoisotopic (exact) mass is 347 g/mol. The Kier molecular flexibility index (Phi) is 4.09. The number of para-hydroxylation sites is 3. The van der Waals surface area contributed by atoms with Crippen molar-refractivity contribution in [2.45, 2.75) is 13.3 Å². The van der Waals surface area contributed by atoms with Gasteiger partial charge in [0.15, 0.2) is 0 Å². The number of rotatable bonds is 1. The average Bonchev–Trinajstić information content (AvgIpc) is 2.75. The highest BCUT2D eigenvalue weighted by atomic mass is 16.2. The lowest BCUT2D eigenvalue weighted by molar-refractivity contribution is -0.114. The minimum absolute atomic E-state index is 0.0491. The molecule has 0 spiro atoms. The molecule has 2 aliphatic rings. The Hall–Kier alpha value is -2.92. The van der Waals surface area contributed by atoms with E-state index in [1.807, 2.05) is 49.4 Å². The molecule has 5 nitrogen and oxygen atoms in total. The molecule has 0 saturated heterocycles. The van der Waals surface area contributed by atoms with Crippen LogP contribution in [0.1, 0.15) is 23.7 Å². The summed E-state index contributed by atoms with van der Waals surface area (Å²) in [5, 5.41) is 2.93. The van der Waals surface area contributed by atoms with Gasteiger partial charge in [0.1, 0.15) is 0 Å². The Labute approximate surface area is 152 Å². The third-order valence-corrected chi connectivity index (χ3v) is 5.01. The van der Waals surface area contributed by atoms with Crippen LogP contribution in [0.5, 0.6) is 0 Å². The maximum absolute atomic E-state index is 13.6. The Morgan fingerprint density at radius 1 is 1.04 bits per heavy atom. The Morgan fingerprint density at radius 3 is 2.50 bits per heavy atom. The number of nitrogens with zero attached hydrogens (tertiary/aromatic N) is 2. The van der Waals surface area contributed by atoms with Gasteiger partial charge < -0.3 is 10.2 Å². The van der Waals surface area contributed by atoms with Gasteiger partial charge in [-0.05, 0) is 44.7 Å². The van der Waals surface area contributed by atoms with Crippen molar-refractivity contribution in [3.8, 4) is 0 Å². The van der Waals surface area contributed by atoms with Crippen molar-refractivity contribution in [2.24, 2.45) is 0 Å². The molecule has 2 amide bonds. The van der Waals surface area contributed by atoms with Gasteiger partial charge in [0.2, 0.25) is 0 Å². The number of amides is 2. The summed E-state index contributed by atoms with van der Waals surface area (Å²) < 4.78 is 0. The molecule has 0 saturated carbocycles. The summed E-state index contributed by atoms with van der Waals surface area (Å²) in [5.41, 5.74) is 4.40. The van der Waals surface area contributed by atoms with E-state index in [1.54, 1.807) is 11.0 Å². The van der Waals surface area contributed by atoms with Crippen LogP contribution in [0.25, 0.3) is 0 Å². The minimum Gasteiger partial charge on any atom is -0.320 e. The molecule has 0 aliphatic carbocycles. The fourth-order valence-electron chi connectivity index (χ4n) is 3.69. The van der Waals surface area contributed by atoms with Gasteiger partial charge in [-0.15, -0.1) is 0 Å². The number of hydrogen-bond acceptors (Lipinski definition) is 3. The lowest BCUT2D eigenvalue weighted by Crippen LogP contribution is -2.35. The van der Waals surface area contributed by atoms with Crippen LogP contribution in [0.3, 0.4) is 0 Å². The molecule has 132 valence electrons. The second kappa shape index (κ2) is 6.42. The Balaban J connectivity index is 1.90. The molecular formula is C21H21N3O2. The normalized spacial score (nSPS) is 17.3. The largest absolute Gasteiger partial charge is 0.320 e. The highest BCUT2D eigenvalue weighted by Gasteiger charge is 2.32. The molecule has 26 heavy (non-hydrogen) atoms. The maximum atomic E-state index is 13.6. The van der Waals surface area contributed by atoms with Crippen LogP contribution in [0.2, 0.25) is 0 Å². The summed E-state index contributed by atoms with van der Waals surface area (Å²) in [4.78, 5) is 30.1. The number of carbonyl (C=O) groups is 2. The smallest absolute Gasteiger partial charge is 0.258 e. The van der Waals surface area contributed by atoms with Gasteiger partial charge in [-0.3, -0.25) is 14.5 Å². The fraction of sp³-hybridized carbons (Fsp3) is 0.238. The zero-order chi connectivity index (χ0) is 18.3. The standard InChI is InChI=1S/C21H21N3O2/c1-14-13-23(2)12-11-15(14)21(26)24-18-9-5-3-7-16(18)20(25)22-17-8-4-6-10-19(17)24/h3-10H,11-13H2,1-2H3,(H,22,25). The highest BCUT2D eigenvalue weighted by molar-refractivity contribution is 6.20. The first-order valence-electron chi connectivity index (χ1n) is 8.77. The number of likely N-dealkylation sites (N-methyl/N-ethyl adjacent to an activating group) is 1. The first-order valence-corrected chi connectivity index (χ1v) is 8.77. The summed E-state index contributed by atoms with van der Waals surface area (Å²) in [6, 6.07) is 14.7. The summed E-state index contributed by atoms with van der Waals surface area (Å²) >= 11 is 0. The van der Waals surface area contributed by atoms with Gasteiger partial charge in [0, 0.05) is 18.7 Å². The summed E-state index contributed by atoms with van der Waals surface area (Å²) in [5.74, 6) is -0.246. The van der Waals surface area contributed by atoms with Crippen molar-refractivity contribution in [3.05, 3.63) is 65.2 Å². The zero-order valence-electron chi connectivity index (χ0n) is 15.0. The van der Waals surface area contributed by atoms with Crippen LogP contribution >= 0.6 is 0 Å². The van der Waals surface area contributed by atoms with Crippen molar-refractivity contribution >= 4 is 28.9 Å². The molecule has 2 aliphatic heterocycles. The van der Waals surface area contributed by atoms with Gasteiger partial charge in [0.05, 0.1) is 22.6 Å². The van der Waals surface area contributed by atoms with E-state index in [0.29, 0.717) is 29.0 Å². The molecule has 1 N–H and O–H groups in total. The maximum Gasteiger partial charge on any atom is 0.258 e. The summed E-state index contributed by atoms with van der Waals surface area (Å²) in [7, 11) is 2.06. The van der Waals surface area contributed by atoms with E-state index in [2.05, 4.69) is 17.3 Å². The Bertz CT molecular complexity index is 932. The second-order valence-electron chi connectivity index (χ2n) is 6.88. The van der Waals surface area contributed by atoms with E-state index in [4.69, 9.17) is 0 Å². The van der Waals surface area contributed by atoms with Gasteiger partial charge in [-0.25, -0.2) is 0 Å². The second-order valence-corrected chi connectivity index (χ2v) is 6.88. The van der Waals surface area contributed by atoms with E-state index in [0.717, 1.165) is 24.2 Å². The molecule has 5 heteroatoms. The van der Waals surface area contributed by atoms with Crippen molar-refractivity contribution in [2.75, 3.05) is 30.4 Å². The number of carbonyl (C=O) groups excluding carboxylic acids is 2. The van der Waals surface area contributed by atoms with Gasteiger partial charge >= 0.3 is 0 Å². The quantitative estimate of drug-likeness (QED) is 0.858. The van der Waals surface area contributed by atoms with Gasteiger partial charge in [-0.1, -0.05) is 29.8 Å². The van der Waals surface area contributed by atoms with Crippen molar-refractivity contribution in [1.82, 2.24) is 4.90 Å². The van der Waals surface area contributed by atoms with Gasteiger partial charge in [-0.2, -0.15) is 0 Å². The number of nitrogens with one attached hydrogen (secondary N) is 1. The predicted octanol–water partition coefficient (Wildman–Crippen LogP) is 3.57. The van der Waals surface area contributed by atoms with E-state index in [-0.39, 0.29) is 11.8 Å². The lowest BCUT2D eigenvalue weighted by atomic mass is 9.99. The van der Waals surface area contributed by atoms with E-state index in [9.17, 15) is 9.59 Å². The van der Waals surface area contributed by atoms with Crippen LogP contribution < -0.4 is 10.2 Å². The zero-order valence-corrected chi connectivity index (χ0v) is 15.0. The lowest BCUT2D eigenvalue weighted by Gasteiger charge is -2.30. The molecule has 2 aromatic carbocycles. The molecule has 2 heterocycles. The first-order chi connectivity index (χ1) is 12.6. The molecule has 0 bridgehead atoms. The van der Waals surface area contributed by atoms with Crippen molar-refractivity contribution in [1.29, 1.82) is 0 Å². The molecule has 0 fully saturated rings. The molecule has 2 aromatic rings. The van der Waals surface area contributed by atoms with Crippen molar-refractivity contribution < 1.29 is 9.59 Å². The SMILES string of the molecule is CC1=C(C(=O)N2c3ccccc3NC(=O)c3ccccc32)CCN(C)C1. The third kappa shape index (κ3) is 2.70. The number of benzene rings is 2. The highest BCUT2D eigenvalue weighted by Crippen LogP contribution is 2.39. The van der Waals surface area contributed by atoms with Crippen LogP contribution in [0.15, 0.2) is 59.7 Å². The molecule has 0 radical (unpaired) electrons. The molecule has 0 unspecified atom stereocenters. The average molecular weight is 347 g/mol. The topological polar surface area (TPSA) is 52.7 Å². The molecule has 0 atom stereocenters. The number of anilines is 3. The van der Waals surface area contributed by atoms with Crippen LogP contribution in [0, 0.1) is 0 Å². The van der Waals surface area contributed by atoms with Gasteiger partial charge in [0.25, 0.3) is 11.8 Å². The Morgan fingerprint density at radius 2 is 1.73 bits per heavy atom. The minimum atomic E-state index is -0.197. The molecule has 0 aromatic heterocycles. The first kappa shape index (κ1) is 16.5. The van der Waals surface area contributed by atoms with E-state index >= 15 is 0 Å². The van der Waals surface area contributed by atoms with Crippen molar-refractivity contribution in [3.63, 3.8) is 0 Å². The third-order valence-electron chi connectivity index (χ3n) is 5.01. The summed E-state index contributed by atoms with van der Waals surface area (Å²) in [6.45, 7) is 3.66. The number of fused-ring (bicyclic) bond motifs is 2.